The molecule has 0 spiro atoms. The molecule has 3 rings (SSSR count). The predicted molar refractivity (Wildman–Crippen MR) is 69.3 cm³/mol. The van der Waals surface area contributed by atoms with E-state index in [1.165, 1.54) is 0 Å². The molecule has 0 aromatic carbocycles. The summed E-state index contributed by atoms with van der Waals surface area (Å²) in [5.74, 6) is 1.48. The second kappa shape index (κ2) is 4.91. The quantitative estimate of drug-likeness (QED) is 0.821. The van der Waals surface area contributed by atoms with Gasteiger partial charge in [0.25, 0.3) is 0 Å². The Bertz CT molecular complexity index is 532. The fourth-order valence-electron chi connectivity index (χ4n) is 2.16. The minimum Gasteiger partial charge on any atom is -0.384 e. The number of nitrogens with two attached hydrogens (primary N) is 1. The number of morpholine rings is 1. The van der Waals surface area contributed by atoms with E-state index in [1.54, 1.807) is 6.07 Å². The molecule has 3 heterocycles. The number of fused-ring (bicyclic) bond motifs is 1. The van der Waals surface area contributed by atoms with Gasteiger partial charge in [-0.15, -0.1) is 0 Å². The number of anilines is 1. The highest BCUT2D eigenvalue weighted by Crippen LogP contribution is 2.11. The number of ether oxygens (including phenoxy) is 1. The third-order valence-corrected chi connectivity index (χ3v) is 3.19. The monoisotopic (exact) mass is 247 g/mol. The maximum Gasteiger partial charge on any atom is 0.179 e. The first-order valence-electron chi connectivity index (χ1n) is 6.22. The number of nitrogens with zero attached hydrogens (tertiary/aromatic N) is 3. The van der Waals surface area contributed by atoms with Gasteiger partial charge in [-0.3, -0.25) is 4.90 Å². The van der Waals surface area contributed by atoms with Crippen LogP contribution in [0.4, 0.5) is 5.82 Å². The number of nitrogen functional groups attached to an aromatic ring is 1. The van der Waals surface area contributed by atoms with Crippen LogP contribution in [0.15, 0.2) is 12.1 Å². The molecule has 2 aromatic heterocycles. The Kier molecular flexibility index (Phi) is 3.12. The summed E-state index contributed by atoms with van der Waals surface area (Å²) < 4.78 is 5.32. The molecule has 3 N–H and O–H groups in total. The molecule has 0 aliphatic carbocycles. The Morgan fingerprint density at radius 1 is 1.28 bits per heavy atom. The Morgan fingerprint density at radius 2 is 2.11 bits per heavy atom. The van der Waals surface area contributed by atoms with Gasteiger partial charge in [0.1, 0.15) is 11.6 Å². The average molecular weight is 247 g/mol. The van der Waals surface area contributed by atoms with Crippen LogP contribution in [0, 0.1) is 0 Å². The maximum atomic E-state index is 5.64. The van der Waals surface area contributed by atoms with Crippen LogP contribution in [0.2, 0.25) is 0 Å². The first-order chi connectivity index (χ1) is 8.81. The van der Waals surface area contributed by atoms with Crippen LogP contribution in [0.1, 0.15) is 5.82 Å². The first-order valence-corrected chi connectivity index (χ1v) is 6.22. The molecule has 1 fully saturated rings. The normalized spacial score (nSPS) is 17.3. The topological polar surface area (TPSA) is 80.1 Å². The lowest BCUT2D eigenvalue weighted by molar-refractivity contribution is 0.0382. The Balaban J connectivity index is 1.67. The number of imidazole rings is 1. The Hall–Kier alpha value is -1.66. The lowest BCUT2D eigenvalue weighted by Gasteiger charge is -2.25. The van der Waals surface area contributed by atoms with Crippen LogP contribution in [0.5, 0.6) is 0 Å². The summed E-state index contributed by atoms with van der Waals surface area (Å²) in [7, 11) is 0. The third-order valence-electron chi connectivity index (χ3n) is 3.19. The van der Waals surface area contributed by atoms with E-state index in [-0.39, 0.29) is 0 Å². The van der Waals surface area contributed by atoms with Crippen LogP contribution < -0.4 is 5.73 Å². The van der Waals surface area contributed by atoms with Gasteiger partial charge in [-0.2, -0.15) is 0 Å². The number of rotatable bonds is 3. The van der Waals surface area contributed by atoms with Crippen LogP contribution in [-0.4, -0.2) is 52.7 Å². The molecule has 1 aliphatic rings. The highest BCUT2D eigenvalue weighted by Gasteiger charge is 2.11. The summed E-state index contributed by atoms with van der Waals surface area (Å²) in [6.45, 7) is 4.67. The zero-order chi connectivity index (χ0) is 12.4. The smallest absolute Gasteiger partial charge is 0.179 e. The number of H-pyrrole nitrogens is 1. The summed E-state index contributed by atoms with van der Waals surface area (Å²) in [6.07, 6.45) is 0.899. The second-order valence-electron chi connectivity index (χ2n) is 4.49. The third kappa shape index (κ3) is 2.44. The number of aromatic nitrogens is 3. The maximum absolute atomic E-state index is 5.64. The van der Waals surface area contributed by atoms with Gasteiger partial charge in [0.15, 0.2) is 5.65 Å². The van der Waals surface area contributed by atoms with Crippen molar-refractivity contribution >= 4 is 17.0 Å². The lowest BCUT2D eigenvalue weighted by Crippen LogP contribution is -2.37. The molecular formula is C12H17N5O. The van der Waals surface area contributed by atoms with E-state index in [4.69, 9.17) is 10.5 Å². The summed E-state index contributed by atoms with van der Waals surface area (Å²) in [6, 6.07) is 3.70. The van der Waals surface area contributed by atoms with E-state index in [0.717, 1.165) is 50.6 Å². The standard InChI is InChI=1S/C12H17N5O/c13-10-2-1-9-12(15-10)16-11(14-9)3-4-17-5-7-18-8-6-17/h1-2H,3-8H2,(H3,13,14,15,16). The van der Waals surface area contributed by atoms with E-state index >= 15 is 0 Å². The van der Waals surface area contributed by atoms with Crippen molar-refractivity contribution in [2.24, 2.45) is 0 Å². The molecule has 2 aromatic rings. The zero-order valence-electron chi connectivity index (χ0n) is 10.2. The van der Waals surface area contributed by atoms with Crippen molar-refractivity contribution in [2.75, 3.05) is 38.6 Å². The van der Waals surface area contributed by atoms with E-state index < -0.39 is 0 Å². The fourth-order valence-corrected chi connectivity index (χ4v) is 2.16. The highest BCUT2D eigenvalue weighted by molar-refractivity contribution is 5.72. The number of aromatic amines is 1. The van der Waals surface area contributed by atoms with Crippen molar-refractivity contribution in [3.63, 3.8) is 0 Å². The van der Waals surface area contributed by atoms with Crippen molar-refractivity contribution in [1.82, 2.24) is 19.9 Å². The first kappa shape index (κ1) is 11.4. The number of hydrogen-bond donors (Lipinski definition) is 2. The Morgan fingerprint density at radius 3 is 2.94 bits per heavy atom. The fraction of sp³-hybridized carbons (Fsp3) is 0.500. The second-order valence-corrected chi connectivity index (χ2v) is 4.49. The van der Waals surface area contributed by atoms with Crippen molar-refractivity contribution in [1.29, 1.82) is 0 Å². The summed E-state index contributed by atoms with van der Waals surface area (Å²) in [5.41, 5.74) is 7.28. The molecule has 0 radical (unpaired) electrons. The molecule has 0 atom stereocenters. The van der Waals surface area contributed by atoms with Gasteiger partial charge in [-0.1, -0.05) is 0 Å². The average Bonchev–Trinajstić information content (AvgIpc) is 2.79. The predicted octanol–water partition coefficient (Wildman–Crippen LogP) is 0.415. The summed E-state index contributed by atoms with van der Waals surface area (Å²) >= 11 is 0. The van der Waals surface area contributed by atoms with Crippen LogP contribution in [0.3, 0.4) is 0 Å². The zero-order valence-corrected chi connectivity index (χ0v) is 10.2. The Labute approximate surface area is 105 Å². The van der Waals surface area contributed by atoms with Crippen LogP contribution >= 0.6 is 0 Å². The van der Waals surface area contributed by atoms with Gasteiger partial charge in [-0.25, -0.2) is 9.97 Å². The summed E-state index contributed by atoms with van der Waals surface area (Å²) in [4.78, 5) is 14.3. The van der Waals surface area contributed by atoms with Gasteiger partial charge in [0, 0.05) is 26.1 Å². The summed E-state index contributed by atoms with van der Waals surface area (Å²) in [5, 5.41) is 0. The highest BCUT2D eigenvalue weighted by atomic mass is 16.5. The molecule has 6 nitrogen and oxygen atoms in total. The van der Waals surface area contributed by atoms with Gasteiger partial charge >= 0.3 is 0 Å². The van der Waals surface area contributed by atoms with E-state index in [1.807, 2.05) is 6.07 Å². The lowest BCUT2D eigenvalue weighted by atomic mass is 10.3. The molecule has 0 amide bonds. The van der Waals surface area contributed by atoms with Crippen molar-refractivity contribution in [2.45, 2.75) is 6.42 Å². The number of hydrogen-bond acceptors (Lipinski definition) is 5. The molecular weight excluding hydrogens is 230 g/mol. The minimum absolute atomic E-state index is 0.508. The largest absolute Gasteiger partial charge is 0.384 e. The molecule has 96 valence electrons. The molecule has 0 saturated carbocycles. The van der Waals surface area contributed by atoms with Crippen molar-refractivity contribution in [3.05, 3.63) is 18.0 Å². The van der Waals surface area contributed by atoms with Gasteiger partial charge < -0.3 is 15.5 Å². The molecule has 6 heteroatoms. The minimum atomic E-state index is 0.508. The van der Waals surface area contributed by atoms with Gasteiger partial charge in [0.05, 0.1) is 18.7 Å². The van der Waals surface area contributed by atoms with Crippen LogP contribution in [-0.2, 0) is 11.2 Å². The number of nitrogens with one attached hydrogen (secondary N) is 1. The van der Waals surface area contributed by atoms with E-state index in [2.05, 4.69) is 19.9 Å². The number of pyridine rings is 1. The molecule has 1 aliphatic heterocycles. The van der Waals surface area contributed by atoms with Crippen molar-refractivity contribution < 1.29 is 4.74 Å². The van der Waals surface area contributed by atoms with E-state index in [0.29, 0.717) is 11.5 Å². The van der Waals surface area contributed by atoms with Crippen molar-refractivity contribution in [3.8, 4) is 0 Å². The van der Waals surface area contributed by atoms with Gasteiger partial charge in [0.2, 0.25) is 0 Å². The van der Waals surface area contributed by atoms with Gasteiger partial charge in [-0.05, 0) is 12.1 Å². The van der Waals surface area contributed by atoms with E-state index in [9.17, 15) is 0 Å². The molecule has 0 unspecified atom stereocenters. The molecule has 0 bridgehead atoms. The molecule has 18 heavy (non-hydrogen) atoms. The SMILES string of the molecule is Nc1ccc2[nH]c(CCN3CCOCC3)nc2n1. The molecule has 1 saturated heterocycles. The van der Waals surface area contributed by atoms with Crippen LogP contribution in [0.25, 0.3) is 11.2 Å².